The first kappa shape index (κ1) is 44.1. The number of hydrogen-bond donors (Lipinski definition) is 3. The third-order valence-corrected chi connectivity index (χ3v) is 9.53. The van der Waals surface area contributed by atoms with Crippen molar-refractivity contribution in [3.8, 4) is 0 Å². The van der Waals surface area contributed by atoms with Gasteiger partial charge in [-0.3, -0.25) is 4.79 Å². The van der Waals surface area contributed by atoms with Gasteiger partial charge in [0.2, 0.25) is 5.91 Å². The predicted molar refractivity (Wildman–Crippen MR) is 198 cm³/mol. The van der Waals surface area contributed by atoms with Crippen LogP contribution in [0.25, 0.3) is 0 Å². The molecule has 0 heterocycles. The van der Waals surface area contributed by atoms with E-state index in [1.165, 1.54) is 173 Å². The minimum Gasteiger partial charge on any atom is -0.394 e. The van der Waals surface area contributed by atoms with Crippen molar-refractivity contribution in [3.63, 3.8) is 0 Å². The van der Waals surface area contributed by atoms with Crippen molar-refractivity contribution in [3.05, 3.63) is 12.2 Å². The van der Waals surface area contributed by atoms with Gasteiger partial charge in [-0.05, 0) is 38.5 Å². The topological polar surface area (TPSA) is 69.6 Å². The van der Waals surface area contributed by atoms with Gasteiger partial charge in [-0.2, -0.15) is 0 Å². The molecule has 4 nitrogen and oxygen atoms in total. The van der Waals surface area contributed by atoms with Gasteiger partial charge in [-0.25, -0.2) is 0 Å². The summed E-state index contributed by atoms with van der Waals surface area (Å²) in [5.41, 5.74) is 0. The van der Waals surface area contributed by atoms with E-state index < -0.39 is 12.1 Å². The van der Waals surface area contributed by atoms with Crippen LogP contribution in [0.4, 0.5) is 0 Å². The maximum absolute atomic E-state index is 12.4. The summed E-state index contributed by atoms with van der Waals surface area (Å²) in [6.07, 6.45) is 45.6. The number of hydrogen-bond acceptors (Lipinski definition) is 3. The number of rotatable bonds is 37. The Labute approximate surface area is 282 Å². The number of carbonyl (C=O) groups is 1. The van der Waals surface area contributed by atoms with Crippen molar-refractivity contribution in [1.82, 2.24) is 5.32 Å². The van der Waals surface area contributed by atoms with Crippen LogP contribution in [0.5, 0.6) is 0 Å². The summed E-state index contributed by atoms with van der Waals surface area (Å²) in [5, 5.41) is 23.1. The highest BCUT2D eigenvalue weighted by Gasteiger charge is 2.19. The average molecular weight is 636 g/mol. The van der Waals surface area contributed by atoms with Crippen LogP contribution in [-0.2, 0) is 4.79 Å². The Balaban J connectivity index is 3.49. The van der Waals surface area contributed by atoms with Gasteiger partial charge in [0, 0.05) is 6.42 Å². The molecule has 0 aliphatic heterocycles. The molecule has 0 bridgehead atoms. The van der Waals surface area contributed by atoms with E-state index in [9.17, 15) is 15.0 Å². The molecule has 45 heavy (non-hydrogen) atoms. The van der Waals surface area contributed by atoms with Crippen LogP contribution in [0.1, 0.15) is 226 Å². The Kier molecular flexibility index (Phi) is 36.9. The van der Waals surface area contributed by atoms with Crippen LogP contribution < -0.4 is 5.32 Å². The lowest BCUT2D eigenvalue weighted by molar-refractivity contribution is -0.123. The molecule has 0 radical (unpaired) electrons. The molecule has 0 aromatic carbocycles. The molecular weight excluding hydrogens is 554 g/mol. The fraction of sp³-hybridized carbons (Fsp3) is 0.927. The summed E-state index contributed by atoms with van der Waals surface area (Å²) in [4.78, 5) is 12.4. The molecule has 0 spiro atoms. The van der Waals surface area contributed by atoms with E-state index in [4.69, 9.17) is 0 Å². The second-order valence-corrected chi connectivity index (χ2v) is 14.1. The van der Waals surface area contributed by atoms with Gasteiger partial charge in [0.05, 0.1) is 18.8 Å². The van der Waals surface area contributed by atoms with E-state index >= 15 is 0 Å². The van der Waals surface area contributed by atoms with Gasteiger partial charge < -0.3 is 15.5 Å². The zero-order valence-corrected chi connectivity index (χ0v) is 30.7. The lowest BCUT2D eigenvalue weighted by atomic mass is 10.0. The second kappa shape index (κ2) is 37.6. The highest BCUT2D eigenvalue weighted by molar-refractivity contribution is 5.76. The fourth-order valence-electron chi connectivity index (χ4n) is 6.36. The number of aliphatic hydroxyl groups is 2. The number of unbranched alkanes of at least 4 members (excludes halogenated alkanes) is 28. The molecule has 0 unspecified atom stereocenters. The number of aliphatic hydroxyl groups excluding tert-OH is 2. The van der Waals surface area contributed by atoms with Gasteiger partial charge in [0.25, 0.3) is 0 Å². The first-order chi connectivity index (χ1) is 22.2. The van der Waals surface area contributed by atoms with Crippen molar-refractivity contribution >= 4 is 5.91 Å². The summed E-state index contributed by atoms with van der Waals surface area (Å²) >= 11 is 0. The van der Waals surface area contributed by atoms with Gasteiger partial charge >= 0.3 is 0 Å². The summed E-state index contributed by atoms with van der Waals surface area (Å²) in [6.45, 7) is 4.35. The van der Waals surface area contributed by atoms with E-state index in [2.05, 4.69) is 31.3 Å². The molecule has 268 valence electrons. The molecule has 0 aliphatic rings. The SMILES string of the molecule is CCCCCCCC/C=C/CCCCCCCCCCCCCC(=O)N[C@@H](CO)[C@H](O)CCCCCCCCCCCCCC. The summed E-state index contributed by atoms with van der Waals surface area (Å²) < 4.78 is 0. The number of allylic oxidation sites excluding steroid dienone is 2. The van der Waals surface area contributed by atoms with Crippen LogP contribution in [0.15, 0.2) is 12.2 Å². The van der Waals surface area contributed by atoms with Gasteiger partial charge in [0.15, 0.2) is 0 Å². The Morgan fingerprint density at radius 3 is 1.22 bits per heavy atom. The molecule has 1 amide bonds. The van der Waals surface area contributed by atoms with Gasteiger partial charge in [0.1, 0.15) is 0 Å². The highest BCUT2D eigenvalue weighted by Crippen LogP contribution is 2.15. The van der Waals surface area contributed by atoms with Crippen molar-refractivity contribution in [2.24, 2.45) is 0 Å². The third-order valence-electron chi connectivity index (χ3n) is 9.53. The van der Waals surface area contributed by atoms with Crippen LogP contribution in [0.2, 0.25) is 0 Å². The van der Waals surface area contributed by atoms with E-state index in [0.717, 1.165) is 25.7 Å². The van der Waals surface area contributed by atoms with Crippen LogP contribution >= 0.6 is 0 Å². The number of nitrogens with one attached hydrogen (secondary N) is 1. The maximum atomic E-state index is 12.4. The predicted octanol–water partition coefficient (Wildman–Crippen LogP) is 12.3. The molecule has 0 saturated heterocycles. The number of carbonyl (C=O) groups excluding carboxylic acids is 1. The normalized spacial score (nSPS) is 13.1. The molecule has 2 atom stereocenters. The van der Waals surface area contributed by atoms with Crippen LogP contribution in [0, 0.1) is 0 Å². The summed E-state index contributed by atoms with van der Waals surface area (Å²) in [6, 6.07) is -0.531. The van der Waals surface area contributed by atoms with Crippen molar-refractivity contribution < 1.29 is 15.0 Å². The zero-order chi connectivity index (χ0) is 32.9. The quantitative estimate of drug-likeness (QED) is 0.0470. The van der Waals surface area contributed by atoms with Crippen molar-refractivity contribution in [2.45, 2.75) is 238 Å². The molecule has 4 heteroatoms. The molecular formula is C41H81NO3. The largest absolute Gasteiger partial charge is 0.394 e. The molecule has 0 aromatic heterocycles. The minimum absolute atomic E-state index is 0.0314. The lowest BCUT2D eigenvalue weighted by Crippen LogP contribution is -2.45. The molecule has 0 aromatic rings. The third kappa shape index (κ3) is 34.3. The smallest absolute Gasteiger partial charge is 0.220 e. The summed E-state index contributed by atoms with van der Waals surface area (Å²) in [7, 11) is 0. The Bertz CT molecular complexity index is 608. The van der Waals surface area contributed by atoms with E-state index in [0.29, 0.717) is 12.8 Å². The molecule has 0 saturated carbocycles. The monoisotopic (exact) mass is 636 g/mol. The van der Waals surface area contributed by atoms with Crippen molar-refractivity contribution in [1.29, 1.82) is 0 Å². The Hall–Kier alpha value is -0.870. The molecule has 0 rings (SSSR count). The fourth-order valence-corrected chi connectivity index (χ4v) is 6.36. The van der Waals surface area contributed by atoms with Crippen LogP contribution in [0.3, 0.4) is 0 Å². The average Bonchev–Trinajstić information content (AvgIpc) is 3.04. The maximum Gasteiger partial charge on any atom is 0.220 e. The molecule has 3 N–H and O–H groups in total. The number of amides is 1. The zero-order valence-electron chi connectivity index (χ0n) is 30.7. The van der Waals surface area contributed by atoms with Crippen LogP contribution in [-0.4, -0.2) is 34.9 Å². The van der Waals surface area contributed by atoms with Gasteiger partial charge in [-0.15, -0.1) is 0 Å². The first-order valence-electron chi connectivity index (χ1n) is 20.4. The standard InChI is InChI=1S/C41H81NO3/c1-3-5-7-9-11-13-15-17-18-19-20-21-22-23-24-25-27-29-31-33-35-37-41(45)42-39(38-43)40(44)36-34-32-30-28-26-16-14-12-10-8-6-4-2/h17-18,39-40,43-44H,3-16,19-38H2,1-2H3,(H,42,45)/b18-17+/t39-,40+/m0/s1. The molecule has 0 fully saturated rings. The van der Waals surface area contributed by atoms with E-state index in [1.54, 1.807) is 0 Å². The lowest BCUT2D eigenvalue weighted by Gasteiger charge is -2.22. The summed E-state index contributed by atoms with van der Waals surface area (Å²) in [5.74, 6) is -0.0314. The Morgan fingerprint density at radius 1 is 0.511 bits per heavy atom. The van der Waals surface area contributed by atoms with Gasteiger partial charge in [-0.1, -0.05) is 193 Å². The molecule has 0 aliphatic carbocycles. The van der Waals surface area contributed by atoms with E-state index in [-0.39, 0.29) is 12.5 Å². The van der Waals surface area contributed by atoms with E-state index in [1.807, 2.05) is 0 Å². The second-order valence-electron chi connectivity index (χ2n) is 14.1. The van der Waals surface area contributed by atoms with Crippen molar-refractivity contribution in [2.75, 3.05) is 6.61 Å². The Morgan fingerprint density at radius 2 is 0.844 bits per heavy atom. The minimum atomic E-state index is -0.654. The highest BCUT2D eigenvalue weighted by atomic mass is 16.3. The first-order valence-corrected chi connectivity index (χ1v) is 20.4.